The standard InChI is InChI=1S/C30H37N3O7/c1-33(25-12-14-27(38-3)29(21-25)40-5,18-15-23-9-13-26(37-2)28(19-23)39-4)17-6-16-31-30(34)20-22-7-10-24(11-8-22)32(35)36/h7-14,19,21H,6,15-18,20H2,1-5H3/p+1. The number of nitrogens with one attached hydrogen (secondary N) is 1. The predicted molar refractivity (Wildman–Crippen MR) is 155 cm³/mol. The third kappa shape index (κ3) is 7.86. The average Bonchev–Trinajstić information content (AvgIpc) is 2.97. The Kier molecular flexibility index (Phi) is 10.7. The lowest BCUT2D eigenvalue weighted by atomic mass is 10.1. The van der Waals surface area contributed by atoms with Gasteiger partial charge < -0.3 is 24.3 Å². The normalized spacial score (nSPS) is 12.2. The topological polar surface area (TPSA) is 109 Å². The zero-order chi connectivity index (χ0) is 29.1. The molecule has 0 aromatic heterocycles. The van der Waals surface area contributed by atoms with E-state index in [-0.39, 0.29) is 18.0 Å². The Morgan fingerprint density at radius 1 is 0.800 bits per heavy atom. The minimum Gasteiger partial charge on any atom is -0.493 e. The number of carbonyl (C=O) groups is 1. The van der Waals surface area contributed by atoms with Gasteiger partial charge in [0, 0.05) is 43.7 Å². The van der Waals surface area contributed by atoms with E-state index >= 15 is 0 Å². The van der Waals surface area contributed by atoms with Crippen LogP contribution in [0.5, 0.6) is 23.0 Å². The van der Waals surface area contributed by atoms with Crippen molar-refractivity contribution in [2.45, 2.75) is 19.3 Å². The van der Waals surface area contributed by atoms with Crippen molar-refractivity contribution in [2.24, 2.45) is 0 Å². The van der Waals surface area contributed by atoms with E-state index in [0.29, 0.717) is 34.0 Å². The van der Waals surface area contributed by atoms with Gasteiger partial charge in [-0.2, -0.15) is 0 Å². The molecule has 1 unspecified atom stereocenters. The fraction of sp³-hybridized carbons (Fsp3) is 0.367. The lowest BCUT2D eigenvalue weighted by Gasteiger charge is -2.35. The number of hydrogen-bond acceptors (Lipinski definition) is 7. The molecule has 0 fully saturated rings. The van der Waals surface area contributed by atoms with E-state index in [4.69, 9.17) is 18.9 Å². The smallest absolute Gasteiger partial charge is 0.269 e. The van der Waals surface area contributed by atoms with Crippen LogP contribution in [0.15, 0.2) is 60.7 Å². The van der Waals surface area contributed by atoms with E-state index in [9.17, 15) is 14.9 Å². The zero-order valence-electron chi connectivity index (χ0n) is 23.8. The molecule has 0 aliphatic carbocycles. The summed E-state index contributed by atoms with van der Waals surface area (Å²) < 4.78 is 22.5. The molecule has 214 valence electrons. The zero-order valence-corrected chi connectivity index (χ0v) is 23.8. The number of rotatable bonds is 15. The van der Waals surface area contributed by atoms with Gasteiger partial charge in [0.15, 0.2) is 23.0 Å². The van der Waals surface area contributed by atoms with Crippen LogP contribution in [-0.4, -0.2) is 66.0 Å². The lowest BCUT2D eigenvalue weighted by molar-refractivity contribution is -0.384. The van der Waals surface area contributed by atoms with Gasteiger partial charge in [-0.3, -0.25) is 19.4 Å². The van der Waals surface area contributed by atoms with E-state index in [2.05, 4.69) is 12.4 Å². The van der Waals surface area contributed by atoms with Gasteiger partial charge in [-0.05, 0) is 29.3 Å². The molecule has 3 aromatic rings. The number of methoxy groups -OCH3 is 4. The number of benzene rings is 3. The summed E-state index contributed by atoms with van der Waals surface area (Å²) >= 11 is 0. The van der Waals surface area contributed by atoms with Crippen molar-refractivity contribution in [2.75, 3.05) is 55.1 Å². The quantitative estimate of drug-likeness (QED) is 0.127. The maximum atomic E-state index is 12.5. The number of hydrogen-bond donors (Lipinski definition) is 1. The Morgan fingerprint density at radius 3 is 1.98 bits per heavy atom. The molecule has 0 bridgehead atoms. The SMILES string of the molecule is COc1ccc(CC[N+](C)(CCCNC(=O)Cc2ccc([N+](=O)[O-])cc2)c2ccc(OC)c(OC)c2)cc1OC. The second-order valence-corrected chi connectivity index (χ2v) is 9.63. The first-order chi connectivity index (χ1) is 19.2. The molecular formula is C30H38N3O7+. The first-order valence-electron chi connectivity index (χ1n) is 13.0. The van der Waals surface area contributed by atoms with Gasteiger partial charge in [0.05, 0.1) is 59.9 Å². The number of likely N-dealkylation sites (N-methyl/N-ethyl adjacent to an activating group) is 1. The highest BCUT2D eigenvalue weighted by molar-refractivity contribution is 5.78. The van der Waals surface area contributed by atoms with E-state index in [1.54, 1.807) is 40.6 Å². The molecule has 3 aromatic carbocycles. The number of non-ortho nitro benzene ring substituents is 1. The van der Waals surface area contributed by atoms with Crippen molar-refractivity contribution in [1.82, 2.24) is 9.80 Å². The molecule has 0 saturated heterocycles. The van der Waals surface area contributed by atoms with Gasteiger partial charge in [-0.1, -0.05) is 18.2 Å². The average molecular weight is 553 g/mol. The number of amides is 1. The number of nitrogens with zero attached hydrogens (tertiary/aromatic N) is 2. The number of nitro benzene ring substituents is 1. The van der Waals surface area contributed by atoms with Crippen LogP contribution < -0.4 is 28.7 Å². The van der Waals surface area contributed by atoms with Crippen molar-refractivity contribution >= 4 is 17.3 Å². The van der Waals surface area contributed by atoms with Crippen molar-refractivity contribution in [3.63, 3.8) is 0 Å². The molecule has 0 aliphatic rings. The molecule has 3 rings (SSSR count). The van der Waals surface area contributed by atoms with Gasteiger partial charge >= 0.3 is 0 Å². The van der Waals surface area contributed by atoms with Crippen LogP contribution in [0.1, 0.15) is 17.5 Å². The third-order valence-corrected chi connectivity index (χ3v) is 6.99. The number of ether oxygens (including phenoxy) is 4. The van der Waals surface area contributed by atoms with Gasteiger partial charge in [0.25, 0.3) is 5.69 Å². The molecule has 0 spiro atoms. The van der Waals surface area contributed by atoms with Crippen LogP contribution in [0.3, 0.4) is 0 Å². The van der Waals surface area contributed by atoms with Gasteiger partial charge in [0.2, 0.25) is 5.91 Å². The van der Waals surface area contributed by atoms with Crippen LogP contribution in [0.4, 0.5) is 11.4 Å². The Hall–Kier alpha value is -4.31. The molecule has 0 aliphatic heterocycles. The highest BCUT2D eigenvalue weighted by Gasteiger charge is 2.26. The second kappa shape index (κ2) is 14.2. The largest absolute Gasteiger partial charge is 0.493 e. The van der Waals surface area contributed by atoms with Crippen LogP contribution in [-0.2, 0) is 17.6 Å². The summed E-state index contributed by atoms with van der Waals surface area (Å²) in [5, 5.41) is 13.8. The molecule has 1 N–H and O–H groups in total. The van der Waals surface area contributed by atoms with Gasteiger partial charge in [-0.25, -0.2) is 0 Å². The van der Waals surface area contributed by atoms with Crippen molar-refractivity contribution in [1.29, 1.82) is 0 Å². The number of carbonyl (C=O) groups excluding carboxylic acids is 1. The summed E-state index contributed by atoms with van der Waals surface area (Å²) in [6.45, 7) is 2.06. The minimum absolute atomic E-state index is 0.00413. The van der Waals surface area contributed by atoms with Crippen LogP contribution in [0.25, 0.3) is 0 Å². The molecule has 10 nitrogen and oxygen atoms in total. The summed E-state index contributed by atoms with van der Waals surface area (Å²) in [6, 6.07) is 17.9. The van der Waals surface area contributed by atoms with Crippen LogP contribution in [0.2, 0.25) is 0 Å². The molecular weight excluding hydrogens is 514 g/mol. The predicted octanol–water partition coefficient (Wildman–Crippen LogP) is 4.56. The van der Waals surface area contributed by atoms with E-state index < -0.39 is 4.92 Å². The van der Waals surface area contributed by atoms with Crippen LogP contribution in [0, 0.1) is 10.1 Å². The second-order valence-electron chi connectivity index (χ2n) is 9.63. The highest BCUT2D eigenvalue weighted by atomic mass is 16.6. The summed E-state index contributed by atoms with van der Waals surface area (Å²) in [5.74, 6) is 2.58. The molecule has 0 radical (unpaired) electrons. The van der Waals surface area contributed by atoms with E-state index in [1.807, 2.05) is 36.4 Å². The molecule has 1 amide bonds. The van der Waals surface area contributed by atoms with Gasteiger partial charge in [0.1, 0.15) is 5.69 Å². The van der Waals surface area contributed by atoms with Crippen molar-refractivity contribution < 1.29 is 28.7 Å². The Bertz CT molecular complexity index is 1300. The fourth-order valence-corrected chi connectivity index (χ4v) is 4.58. The van der Waals surface area contributed by atoms with Crippen molar-refractivity contribution in [3.05, 3.63) is 81.9 Å². The summed E-state index contributed by atoms with van der Waals surface area (Å²) in [4.78, 5) is 22.9. The molecule has 0 saturated carbocycles. The molecule has 1 atom stereocenters. The Labute approximate surface area is 235 Å². The summed E-state index contributed by atoms with van der Waals surface area (Å²) in [6.07, 6.45) is 1.69. The maximum absolute atomic E-state index is 12.5. The first kappa shape index (κ1) is 30.2. The Morgan fingerprint density at radius 2 is 1.38 bits per heavy atom. The number of quaternary nitrogens is 1. The monoisotopic (exact) mass is 552 g/mol. The maximum Gasteiger partial charge on any atom is 0.269 e. The highest BCUT2D eigenvalue weighted by Crippen LogP contribution is 2.34. The summed E-state index contributed by atoms with van der Waals surface area (Å²) in [5.41, 5.74) is 2.92. The fourth-order valence-electron chi connectivity index (χ4n) is 4.58. The van der Waals surface area contributed by atoms with Crippen LogP contribution >= 0.6 is 0 Å². The van der Waals surface area contributed by atoms with E-state index in [0.717, 1.165) is 42.7 Å². The first-order valence-corrected chi connectivity index (χ1v) is 13.0. The third-order valence-electron chi connectivity index (χ3n) is 6.99. The molecule has 40 heavy (non-hydrogen) atoms. The Balaban J connectivity index is 1.68. The van der Waals surface area contributed by atoms with Crippen molar-refractivity contribution in [3.8, 4) is 23.0 Å². The summed E-state index contributed by atoms with van der Waals surface area (Å²) in [7, 11) is 8.65. The van der Waals surface area contributed by atoms with Gasteiger partial charge in [-0.15, -0.1) is 0 Å². The molecule has 0 heterocycles. The molecule has 10 heteroatoms. The lowest BCUT2D eigenvalue weighted by Crippen LogP contribution is -2.48. The number of nitro groups is 1. The van der Waals surface area contributed by atoms with E-state index in [1.165, 1.54) is 12.1 Å². The minimum atomic E-state index is -0.456.